The van der Waals surface area contributed by atoms with Gasteiger partial charge in [0, 0.05) is 4.47 Å². The topological polar surface area (TPSA) is 0 Å². The van der Waals surface area contributed by atoms with Crippen LogP contribution < -0.4 is 0 Å². The second-order valence-corrected chi connectivity index (χ2v) is 7.82. The largest absolute Gasteiger partial charge is 0.473 e. The fraction of sp³-hybridized carbons (Fsp3) is 0.0769. The first-order valence-corrected chi connectivity index (χ1v) is 10.9. The van der Waals surface area contributed by atoms with E-state index in [4.69, 9.17) is 0 Å². The van der Waals surface area contributed by atoms with Gasteiger partial charge in [0.15, 0.2) is 0 Å². The Morgan fingerprint density at radius 1 is 0.812 bits per heavy atom. The van der Waals surface area contributed by atoms with Crippen LogP contribution >= 0.6 is 28.8 Å². The Morgan fingerprint density at radius 3 is 1.81 bits per heavy atom. The zero-order chi connectivity index (χ0) is 11.4. The molecule has 78 valence electrons. The summed E-state index contributed by atoms with van der Waals surface area (Å²) in [5.74, 6) is 0. The Labute approximate surface area is 120 Å². The molecule has 0 saturated carbocycles. The quantitative estimate of drug-likeness (QED) is 0.708. The van der Waals surface area contributed by atoms with Crippen molar-refractivity contribution in [1.29, 1.82) is 0 Å². The molecule has 0 aliphatic rings. The molecule has 0 aromatic heterocycles. The number of halogens is 2. The van der Waals surface area contributed by atoms with Gasteiger partial charge in [0.2, 0.25) is 0 Å². The van der Waals surface area contributed by atoms with Gasteiger partial charge < -0.3 is 12.9 Å². The molecule has 16 heavy (non-hydrogen) atoms. The molecular weight excluding hydrogens is 340 g/mol. The Kier molecular flexibility index (Phi) is 4.89. The third-order valence-corrected chi connectivity index (χ3v) is 5.00. The van der Waals surface area contributed by atoms with Crippen LogP contribution in [0.4, 0.5) is 0 Å². The Bertz CT molecular complexity index is 448. The summed E-state index contributed by atoms with van der Waals surface area (Å²) in [5, 5.41) is 0. The normalized spacial score (nSPS) is 9.88. The molecule has 0 radical (unpaired) electrons. The van der Waals surface area contributed by atoms with E-state index in [9.17, 15) is 0 Å². The van der Waals surface area contributed by atoms with E-state index in [2.05, 4.69) is 77.3 Å². The van der Waals surface area contributed by atoms with E-state index in [0.29, 0.717) is 0 Å². The third-order valence-electron chi connectivity index (χ3n) is 2.51. The molecule has 0 atom stereocenters. The SMILES string of the molecule is [Br][Mg][CH2]c1ccc(-c2ccc(Br)cc2)cc1. The van der Waals surface area contributed by atoms with Crippen molar-refractivity contribution >= 4 is 47.0 Å². The summed E-state index contributed by atoms with van der Waals surface area (Å²) in [6.07, 6.45) is 0. The van der Waals surface area contributed by atoms with Gasteiger partial charge in [0.25, 0.3) is 0 Å². The van der Waals surface area contributed by atoms with Crippen LogP contribution in [0.2, 0.25) is 0 Å². The van der Waals surface area contributed by atoms with E-state index in [-0.39, 0.29) is 18.2 Å². The molecule has 0 nitrogen and oxygen atoms in total. The van der Waals surface area contributed by atoms with Crippen LogP contribution in [-0.2, 0) is 4.55 Å². The Balaban J connectivity index is 2.24. The molecule has 2 rings (SSSR count). The van der Waals surface area contributed by atoms with Crippen molar-refractivity contribution in [3.63, 3.8) is 0 Å². The van der Waals surface area contributed by atoms with Crippen molar-refractivity contribution in [2.45, 2.75) is 4.55 Å². The highest BCUT2D eigenvalue weighted by atomic mass is 79.9. The Morgan fingerprint density at radius 2 is 1.31 bits per heavy atom. The molecule has 3 heteroatoms. The van der Waals surface area contributed by atoms with Crippen LogP contribution in [0.5, 0.6) is 0 Å². The molecule has 0 aliphatic carbocycles. The first-order chi connectivity index (χ1) is 7.79. The average Bonchev–Trinajstić information content (AvgIpc) is 2.32. The molecule has 0 saturated heterocycles. The molecular formula is C13H10Br2Mg. The predicted molar refractivity (Wildman–Crippen MR) is 78.0 cm³/mol. The van der Waals surface area contributed by atoms with Crippen LogP contribution in [0.25, 0.3) is 11.1 Å². The monoisotopic (exact) mass is 348 g/mol. The minimum Gasteiger partial charge on any atom is -0.306 e. The lowest BCUT2D eigenvalue weighted by atomic mass is 10.0. The third kappa shape index (κ3) is 3.33. The van der Waals surface area contributed by atoms with Gasteiger partial charge in [-0.15, -0.1) is 4.55 Å². The van der Waals surface area contributed by atoms with E-state index in [1.54, 1.807) is 0 Å². The minimum atomic E-state index is -0.0585. The maximum absolute atomic E-state index is 3.59. The van der Waals surface area contributed by atoms with Crippen molar-refractivity contribution in [1.82, 2.24) is 0 Å². The van der Waals surface area contributed by atoms with Crippen molar-refractivity contribution < 1.29 is 0 Å². The summed E-state index contributed by atoms with van der Waals surface area (Å²) in [7, 11) is 0. The first-order valence-electron chi connectivity index (χ1n) is 5.20. The number of hydrogen-bond donors (Lipinski definition) is 0. The van der Waals surface area contributed by atoms with Gasteiger partial charge in [-0.05, 0) is 23.3 Å². The summed E-state index contributed by atoms with van der Waals surface area (Å²) >= 11 is 6.98. The van der Waals surface area contributed by atoms with Crippen LogP contribution in [0, 0.1) is 0 Å². The first kappa shape index (κ1) is 12.6. The van der Waals surface area contributed by atoms with E-state index >= 15 is 0 Å². The molecule has 0 unspecified atom stereocenters. The lowest BCUT2D eigenvalue weighted by Gasteiger charge is -2.03. The average molecular weight is 350 g/mol. The molecule has 2 aromatic rings. The summed E-state index contributed by atoms with van der Waals surface area (Å²) in [4.78, 5) is 0. The van der Waals surface area contributed by atoms with E-state index in [1.165, 1.54) is 21.2 Å². The van der Waals surface area contributed by atoms with Gasteiger partial charge in [-0.3, -0.25) is 0 Å². The highest BCUT2D eigenvalue weighted by Crippen LogP contribution is 2.22. The van der Waals surface area contributed by atoms with Gasteiger partial charge in [0.05, 0.1) is 0 Å². The minimum absolute atomic E-state index is 0.0585. The Hall–Kier alpha value is 0.166. The zero-order valence-corrected chi connectivity index (χ0v) is 13.4. The van der Waals surface area contributed by atoms with Crippen LogP contribution in [0.15, 0.2) is 53.0 Å². The fourth-order valence-electron chi connectivity index (χ4n) is 1.62. The van der Waals surface area contributed by atoms with Crippen molar-refractivity contribution in [2.24, 2.45) is 0 Å². The summed E-state index contributed by atoms with van der Waals surface area (Å²) in [6.45, 7) is 0. The number of rotatable bonds is 3. The van der Waals surface area contributed by atoms with Crippen molar-refractivity contribution in [3.05, 3.63) is 58.6 Å². The molecule has 0 heterocycles. The van der Waals surface area contributed by atoms with E-state index in [0.717, 1.165) is 4.47 Å². The molecule has 0 aliphatic heterocycles. The lowest BCUT2D eigenvalue weighted by Crippen LogP contribution is -1.88. The van der Waals surface area contributed by atoms with Crippen LogP contribution in [-0.4, -0.2) is 18.2 Å². The summed E-state index contributed by atoms with van der Waals surface area (Å²) in [6, 6.07) is 17.3. The molecule has 0 spiro atoms. The van der Waals surface area contributed by atoms with E-state index < -0.39 is 0 Å². The van der Waals surface area contributed by atoms with Gasteiger partial charge in [0.1, 0.15) is 0 Å². The smallest absolute Gasteiger partial charge is 0.306 e. The standard InChI is InChI=1S/C13H10Br.BrH.Mg/c1-10-2-4-11(5-3-10)12-6-8-13(14)9-7-12;;/h2-9H,1H2;1H;/q;;+1/p-1. The predicted octanol–water partition coefficient (Wildman–Crippen LogP) is 4.63. The van der Waals surface area contributed by atoms with Crippen molar-refractivity contribution in [2.75, 3.05) is 0 Å². The van der Waals surface area contributed by atoms with Crippen LogP contribution in [0.1, 0.15) is 5.56 Å². The number of hydrogen-bond acceptors (Lipinski definition) is 0. The number of benzene rings is 2. The summed E-state index contributed by atoms with van der Waals surface area (Å²) in [5.41, 5.74) is 3.99. The fourth-order valence-corrected chi connectivity index (χ4v) is 3.80. The summed E-state index contributed by atoms with van der Waals surface area (Å²) < 4.78 is 2.35. The second kappa shape index (κ2) is 6.19. The molecule has 0 amide bonds. The van der Waals surface area contributed by atoms with Crippen LogP contribution in [0.3, 0.4) is 0 Å². The van der Waals surface area contributed by atoms with Gasteiger partial charge in [-0.2, -0.15) is 0 Å². The van der Waals surface area contributed by atoms with E-state index in [1.807, 2.05) is 0 Å². The van der Waals surface area contributed by atoms with Gasteiger partial charge in [-0.1, -0.05) is 57.9 Å². The maximum atomic E-state index is 3.59. The zero-order valence-electron chi connectivity index (χ0n) is 8.79. The molecule has 0 bridgehead atoms. The van der Waals surface area contributed by atoms with Gasteiger partial charge in [-0.25, -0.2) is 0 Å². The second-order valence-electron chi connectivity index (χ2n) is 3.64. The molecule has 0 fully saturated rings. The highest BCUT2D eigenvalue weighted by Gasteiger charge is 1.98. The molecule has 0 N–H and O–H groups in total. The highest BCUT2D eigenvalue weighted by molar-refractivity contribution is 9.23. The molecule has 2 aromatic carbocycles. The van der Waals surface area contributed by atoms with Gasteiger partial charge >= 0.3 is 18.2 Å². The maximum Gasteiger partial charge on any atom is 0.473 e. The lowest BCUT2D eigenvalue weighted by molar-refractivity contribution is 1.40. The van der Waals surface area contributed by atoms with Crippen molar-refractivity contribution in [3.8, 4) is 11.1 Å².